The predicted octanol–water partition coefficient (Wildman–Crippen LogP) is 1.49. The first-order chi connectivity index (χ1) is 8.20. The summed E-state index contributed by atoms with van der Waals surface area (Å²) in [7, 11) is 0. The standard InChI is InChI=1S/C12H21N3O2/c1-3-10(8(2)13)12-14-11(15-17-12)6-9-4-5-16-7-9/h8-10H,3-7,13H2,1-2H3. The van der Waals surface area contributed by atoms with Gasteiger partial charge in [0.1, 0.15) is 0 Å². The topological polar surface area (TPSA) is 74.2 Å². The highest BCUT2D eigenvalue weighted by Gasteiger charge is 2.23. The summed E-state index contributed by atoms with van der Waals surface area (Å²) in [5.74, 6) is 2.16. The van der Waals surface area contributed by atoms with Gasteiger partial charge in [-0.15, -0.1) is 0 Å². The van der Waals surface area contributed by atoms with Gasteiger partial charge < -0.3 is 15.0 Å². The number of nitrogens with two attached hydrogens (primary N) is 1. The normalized spacial score (nSPS) is 23.8. The quantitative estimate of drug-likeness (QED) is 0.842. The number of rotatable bonds is 5. The zero-order valence-corrected chi connectivity index (χ0v) is 10.6. The molecular formula is C12H21N3O2. The van der Waals surface area contributed by atoms with Crippen molar-refractivity contribution in [2.24, 2.45) is 11.7 Å². The summed E-state index contributed by atoms with van der Waals surface area (Å²) in [5.41, 5.74) is 5.90. The molecule has 3 atom stereocenters. The van der Waals surface area contributed by atoms with Crippen molar-refractivity contribution in [3.05, 3.63) is 11.7 Å². The Morgan fingerprint density at radius 3 is 2.94 bits per heavy atom. The number of ether oxygens (including phenoxy) is 1. The monoisotopic (exact) mass is 239 g/mol. The van der Waals surface area contributed by atoms with E-state index in [-0.39, 0.29) is 12.0 Å². The summed E-state index contributed by atoms with van der Waals surface area (Å²) in [6, 6.07) is 0.0445. The van der Waals surface area contributed by atoms with Crippen molar-refractivity contribution in [2.45, 2.75) is 45.1 Å². The van der Waals surface area contributed by atoms with Gasteiger partial charge in [0.2, 0.25) is 5.89 Å². The molecule has 0 spiro atoms. The van der Waals surface area contributed by atoms with Crippen LogP contribution in [0.2, 0.25) is 0 Å². The Morgan fingerprint density at radius 2 is 2.35 bits per heavy atom. The maximum absolute atomic E-state index is 5.90. The molecule has 3 unspecified atom stereocenters. The van der Waals surface area contributed by atoms with Gasteiger partial charge in [0.05, 0.1) is 5.92 Å². The number of aromatic nitrogens is 2. The third-order valence-corrected chi connectivity index (χ3v) is 3.37. The lowest BCUT2D eigenvalue weighted by atomic mass is 9.99. The summed E-state index contributed by atoms with van der Waals surface area (Å²) in [6.45, 7) is 5.73. The lowest BCUT2D eigenvalue weighted by molar-refractivity contribution is 0.185. The number of nitrogens with zero attached hydrogens (tertiary/aromatic N) is 2. The molecule has 2 N–H and O–H groups in total. The largest absolute Gasteiger partial charge is 0.381 e. The van der Waals surface area contributed by atoms with Crippen LogP contribution in [0.25, 0.3) is 0 Å². The number of hydrogen-bond donors (Lipinski definition) is 1. The van der Waals surface area contributed by atoms with Gasteiger partial charge in [0, 0.05) is 25.7 Å². The van der Waals surface area contributed by atoms with Crippen LogP contribution in [-0.4, -0.2) is 29.4 Å². The second-order valence-electron chi connectivity index (χ2n) is 4.86. The van der Waals surface area contributed by atoms with E-state index in [2.05, 4.69) is 17.1 Å². The molecule has 0 amide bonds. The second-order valence-corrected chi connectivity index (χ2v) is 4.86. The highest BCUT2D eigenvalue weighted by Crippen LogP contribution is 2.22. The second kappa shape index (κ2) is 5.60. The van der Waals surface area contributed by atoms with E-state index in [1.807, 2.05) is 6.92 Å². The molecule has 0 bridgehead atoms. The van der Waals surface area contributed by atoms with Crippen molar-refractivity contribution in [1.29, 1.82) is 0 Å². The van der Waals surface area contributed by atoms with E-state index in [4.69, 9.17) is 15.0 Å². The van der Waals surface area contributed by atoms with Crippen LogP contribution in [0.15, 0.2) is 4.52 Å². The Balaban J connectivity index is 1.99. The summed E-state index contributed by atoms with van der Waals surface area (Å²) in [4.78, 5) is 4.45. The maximum atomic E-state index is 5.90. The molecule has 0 saturated carbocycles. The minimum Gasteiger partial charge on any atom is -0.381 e. The van der Waals surface area contributed by atoms with Crippen LogP contribution < -0.4 is 5.73 Å². The molecule has 2 rings (SSSR count). The van der Waals surface area contributed by atoms with E-state index in [1.54, 1.807) is 0 Å². The summed E-state index contributed by atoms with van der Waals surface area (Å²) >= 11 is 0. The average molecular weight is 239 g/mol. The molecule has 1 saturated heterocycles. The van der Waals surface area contributed by atoms with Gasteiger partial charge in [0.15, 0.2) is 5.82 Å². The molecule has 1 fully saturated rings. The minimum atomic E-state index is 0.0445. The third kappa shape index (κ3) is 3.04. The van der Waals surface area contributed by atoms with Gasteiger partial charge in [0.25, 0.3) is 0 Å². The van der Waals surface area contributed by atoms with Crippen LogP contribution in [0.3, 0.4) is 0 Å². The molecule has 0 aromatic carbocycles. The van der Waals surface area contributed by atoms with Gasteiger partial charge >= 0.3 is 0 Å². The van der Waals surface area contributed by atoms with Crippen LogP contribution in [0.4, 0.5) is 0 Å². The highest BCUT2D eigenvalue weighted by atomic mass is 16.5. The molecule has 0 radical (unpaired) electrons. The van der Waals surface area contributed by atoms with Crippen LogP contribution in [0, 0.1) is 5.92 Å². The Kier molecular flexibility index (Phi) is 4.12. The molecule has 1 aromatic heterocycles. The maximum Gasteiger partial charge on any atom is 0.231 e. The van der Waals surface area contributed by atoms with E-state index < -0.39 is 0 Å². The first-order valence-corrected chi connectivity index (χ1v) is 6.36. The van der Waals surface area contributed by atoms with Crippen molar-refractivity contribution >= 4 is 0 Å². The fourth-order valence-electron chi connectivity index (χ4n) is 2.27. The molecule has 0 aliphatic carbocycles. The predicted molar refractivity (Wildman–Crippen MR) is 63.6 cm³/mol. The van der Waals surface area contributed by atoms with Crippen molar-refractivity contribution in [3.63, 3.8) is 0 Å². The molecule has 96 valence electrons. The molecule has 1 aliphatic heterocycles. The Hall–Kier alpha value is -0.940. The fourth-order valence-corrected chi connectivity index (χ4v) is 2.27. The molecular weight excluding hydrogens is 218 g/mol. The van der Waals surface area contributed by atoms with Crippen molar-refractivity contribution in [2.75, 3.05) is 13.2 Å². The SMILES string of the molecule is CCC(c1nc(CC2CCOC2)no1)C(C)N. The van der Waals surface area contributed by atoms with Gasteiger partial charge in [-0.3, -0.25) is 0 Å². The van der Waals surface area contributed by atoms with Crippen molar-refractivity contribution in [3.8, 4) is 0 Å². The number of hydrogen-bond acceptors (Lipinski definition) is 5. The summed E-state index contributed by atoms with van der Waals surface area (Å²) in [6.07, 6.45) is 2.86. The zero-order valence-electron chi connectivity index (χ0n) is 10.6. The third-order valence-electron chi connectivity index (χ3n) is 3.37. The van der Waals surface area contributed by atoms with Gasteiger partial charge in [-0.05, 0) is 25.7 Å². The van der Waals surface area contributed by atoms with E-state index in [9.17, 15) is 0 Å². The zero-order chi connectivity index (χ0) is 12.3. The molecule has 5 nitrogen and oxygen atoms in total. The van der Waals surface area contributed by atoms with E-state index in [0.29, 0.717) is 11.8 Å². The molecule has 1 aromatic rings. The summed E-state index contributed by atoms with van der Waals surface area (Å²) < 4.78 is 10.6. The van der Waals surface area contributed by atoms with E-state index in [0.717, 1.165) is 38.3 Å². The van der Waals surface area contributed by atoms with Crippen LogP contribution in [-0.2, 0) is 11.2 Å². The van der Waals surface area contributed by atoms with Crippen molar-refractivity contribution in [1.82, 2.24) is 10.1 Å². The first-order valence-electron chi connectivity index (χ1n) is 6.36. The summed E-state index contributed by atoms with van der Waals surface area (Å²) in [5, 5.41) is 4.03. The van der Waals surface area contributed by atoms with E-state index >= 15 is 0 Å². The van der Waals surface area contributed by atoms with Gasteiger partial charge in [-0.25, -0.2) is 0 Å². The van der Waals surface area contributed by atoms with E-state index in [1.165, 1.54) is 0 Å². The highest BCUT2D eigenvalue weighted by molar-refractivity contribution is 4.98. The fraction of sp³-hybridized carbons (Fsp3) is 0.833. The molecule has 17 heavy (non-hydrogen) atoms. The van der Waals surface area contributed by atoms with Gasteiger partial charge in [-0.2, -0.15) is 4.98 Å². The molecule has 1 aliphatic rings. The smallest absolute Gasteiger partial charge is 0.231 e. The van der Waals surface area contributed by atoms with Gasteiger partial charge in [-0.1, -0.05) is 12.1 Å². The van der Waals surface area contributed by atoms with Crippen LogP contribution in [0.5, 0.6) is 0 Å². The Bertz CT molecular complexity index is 345. The molecule has 5 heteroatoms. The Morgan fingerprint density at radius 1 is 1.53 bits per heavy atom. The molecule has 2 heterocycles. The van der Waals surface area contributed by atoms with Crippen LogP contribution >= 0.6 is 0 Å². The van der Waals surface area contributed by atoms with Crippen LogP contribution in [0.1, 0.15) is 44.3 Å². The first kappa shape index (κ1) is 12.5. The lowest BCUT2D eigenvalue weighted by Crippen LogP contribution is -2.24. The van der Waals surface area contributed by atoms with Crippen molar-refractivity contribution < 1.29 is 9.26 Å². The average Bonchev–Trinajstić information content (AvgIpc) is 2.91. The Labute approximate surface area is 102 Å². The lowest BCUT2D eigenvalue weighted by Gasteiger charge is -2.13. The minimum absolute atomic E-state index is 0.0445.